The van der Waals surface area contributed by atoms with Crippen molar-refractivity contribution >= 4 is 30.9 Å². The van der Waals surface area contributed by atoms with Gasteiger partial charge in [-0.25, -0.2) is 0 Å². The van der Waals surface area contributed by atoms with Crippen molar-refractivity contribution in [3.8, 4) is 11.1 Å². The molecule has 2 aromatic carbocycles. The summed E-state index contributed by atoms with van der Waals surface area (Å²) in [4.78, 5) is 0. The SMILES string of the molecule is CCC1=Cc2c(-c3ccc(C(C(F)(F)F)(C(F)(F)F)C(F)(F)F)cc3)cccc2[CH]1[Zr].Cl.Cl. The molecule has 33 heavy (non-hydrogen) atoms. The van der Waals surface area contributed by atoms with Gasteiger partial charge in [0.15, 0.2) is 0 Å². The molecule has 12 heteroatoms. The average Bonchev–Trinajstić information content (AvgIpc) is 2.95. The number of hydrogen-bond acceptors (Lipinski definition) is 0. The summed E-state index contributed by atoms with van der Waals surface area (Å²) in [5.41, 5.74) is -4.22. The standard InChI is InChI=1S/C21H14F9.2ClH.Zr/c1-2-12-10-14-4-3-5-16(17(14)11-12)13-6-8-15(9-7-13)18(19(22,23)24,20(25,26)27)21(28,29)30;;;/h3-11H,2H2,1H3;2*1H;. The summed E-state index contributed by atoms with van der Waals surface area (Å²) in [5, 5.41) is 0. The molecule has 0 saturated carbocycles. The second-order valence-electron chi connectivity index (χ2n) is 7.13. The molecule has 0 bridgehead atoms. The Labute approximate surface area is 211 Å². The molecule has 1 aliphatic rings. The van der Waals surface area contributed by atoms with Crippen molar-refractivity contribution in [2.75, 3.05) is 0 Å². The fourth-order valence-corrected chi connectivity index (χ4v) is 5.22. The second-order valence-corrected chi connectivity index (χ2v) is 8.55. The monoisotopic (exact) mass is 599 g/mol. The van der Waals surface area contributed by atoms with E-state index in [0.717, 1.165) is 35.3 Å². The molecule has 0 spiro atoms. The zero-order valence-corrected chi connectivity index (χ0v) is 20.7. The third kappa shape index (κ3) is 4.77. The van der Waals surface area contributed by atoms with Gasteiger partial charge < -0.3 is 0 Å². The van der Waals surface area contributed by atoms with Gasteiger partial charge in [-0.1, -0.05) is 0 Å². The molecular formula is C21H16Cl2F9Zr. The van der Waals surface area contributed by atoms with E-state index in [2.05, 4.69) is 0 Å². The van der Waals surface area contributed by atoms with Gasteiger partial charge in [-0.05, 0) is 0 Å². The van der Waals surface area contributed by atoms with Gasteiger partial charge in [0.25, 0.3) is 0 Å². The number of alkyl halides is 9. The molecule has 0 nitrogen and oxygen atoms in total. The Morgan fingerprint density at radius 3 is 1.67 bits per heavy atom. The van der Waals surface area contributed by atoms with E-state index >= 15 is 0 Å². The molecule has 1 unspecified atom stereocenters. The summed E-state index contributed by atoms with van der Waals surface area (Å²) in [7, 11) is 0. The van der Waals surface area contributed by atoms with Crippen LogP contribution >= 0.6 is 24.8 Å². The molecule has 0 N–H and O–H groups in total. The van der Waals surface area contributed by atoms with Gasteiger partial charge in [-0.3, -0.25) is 0 Å². The molecule has 0 heterocycles. The Bertz CT molecular complexity index is 970. The second kappa shape index (κ2) is 9.94. The van der Waals surface area contributed by atoms with Crippen LogP contribution in [0.3, 0.4) is 0 Å². The van der Waals surface area contributed by atoms with Gasteiger partial charge in [0.05, 0.1) is 0 Å². The number of benzene rings is 2. The van der Waals surface area contributed by atoms with Gasteiger partial charge >= 0.3 is 187 Å². The quantitative estimate of drug-likeness (QED) is 0.310. The van der Waals surface area contributed by atoms with Gasteiger partial charge in [-0.15, -0.1) is 24.8 Å². The Morgan fingerprint density at radius 2 is 1.24 bits per heavy atom. The van der Waals surface area contributed by atoms with Gasteiger partial charge in [0, 0.05) is 0 Å². The molecule has 181 valence electrons. The summed E-state index contributed by atoms with van der Waals surface area (Å²) >= 11 is 1.22. The van der Waals surface area contributed by atoms with Crippen molar-refractivity contribution in [3.05, 3.63) is 64.7 Å². The van der Waals surface area contributed by atoms with Crippen LogP contribution in [0.2, 0.25) is 0 Å². The molecule has 3 rings (SSSR count). The molecule has 0 radical (unpaired) electrons. The first kappa shape index (κ1) is 30.0. The molecule has 0 saturated heterocycles. The number of fused-ring (bicyclic) bond motifs is 1. The van der Waals surface area contributed by atoms with Crippen LogP contribution in [0.5, 0.6) is 0 Å². The molecule has 0 amide bonds. The van der Waals surface area contributed by atoms with E-state index in [1.165, 1.54) is 24.7 Å². The predicted octanol–water partition coefficient (Wildman–Crippen LogP) is 8.52. The van der Waals surface area contributed by atoms with Crippen LogP contribution in [0.4, 0.5) is 39.5 Å². The predicted molar refractivity (Wildman–Crippen MR) is 107 cm³/mol. The fourth-order valence-electron chi connectivity index (χ4n) is 3.90. The topological polar surface area (TPSA) is 0 Å². The maximum absolute atomic E-state index is 13.3. The van der Waals surface area contributed by atoms with E-state index in [4.69, 9.17) is 0 Å². The maximum atomic E-state index is 13.3. The van der Waals surface area contributed by atoms with Gasteiger partial charge in [0.2, 0.25) is 0 Å². The first-order chi connectivity index (χ1) is 14.2. The van der Waals surface area contributed by atoms with E-state index in [1.54, 1.807) is 12.1 Å². The Hall–Kier alpha value is -0.987. The zero-order chi connectivity index (χ0) is 23.4. The summed E-state index contributed by atoms with van der Waals surface area (Å²) in [6, 6.07) is 7.49. The van der Waals surface area contributed by atoms with Crippen molar-refractivity contribution < 1.29 is 64.2 Å². The van der Waals surface area contributed by atoms with Gasteiger partial charge in [0.1, 0.15) is 0 Å². The van der Waals surface area contributed by atoms with Crippen molar-refractivity contribution in [1.29, 1.82) is 0 Å². The van der Waals surface area contributed by atoms with Crippen LogP contribution in [-0.4, -0.2) is 18.5 Å². The molecule has 0 fully saturated rings. The smallest absolute Gasteiger partial charge is 0.147 e. The van der Waals surface area contributed by atoms with E-state index in [9.17, 15) is 39.5 Å². The van der Waals surface area contributed by atoms with Gasteiger partial charge in [-0.2, -0.15) is 0 Å². The first-order valence-corrected chi connectivity index (χ1v) is 10.4. The molecular weight excluding hydrogens is 585 g/mol. The van der Waals surface area contributed by atoms with Crippen molar-refractivity contribution in [3.63, 3.8) is 0 Å². The number of rotatable bonds is 3. The Kier molecular flexibility index (Phi) is 9.05. The maximum Gasteiger partial charge on any atom is -0.147 e. The first-order valence-electron chi connectivity index (χ1n) is 9.02. The molecule has 1 atom stereocenters. The van der Waals surface area contributed by atoms with Crippen LogP contribution in [0, 0.1) is 0 Å². The summed E-state index contributed by atoms with van der Waals surface area (Å²) in [6.07, 6.45) is -17.2. The minimum atomic E-state index is -6.63. The average molecular weight is 601 g/mol. The molecule has 0 aliphatic heterocycles. The minimum Gasteiger partial charge on any atom is -0.147 e. The van der Waals surface area contributed by atoms with Crippen LogP contribution in [0.25, 0.3) is 17.2 Å². The third-order valence-electron chi connectivity index (χ3n) is 5.46. The molecule has 0 aromatic heterocycles. The van der Waals surface area contributed by atoms with E-state index < -0.39 is 29.5 Å². The number of hydrogen-bond donors (Lipinski definition) is 0. The summed E-state index contributed by atoms with van der Waals surface area (Å²) < 4.78 is 120. The number of allylic oxidation sites excluding steroid dienone is 1. The Morgan fingerprint density at radius 1 is 0.758 bits per heavy atom. The van der Waals surface area contributed by atoms with E-state index in [0.29, 0.717) is 5.56 Å². The molecule has 2 aromatic rings. The van der Waals surface area contributed by atoms with Crippen molar-refractivity contribution in [2.45, 2.75) is 40.9 Å². The normalized spacial score (nSPS) is 16.4. The van der Waals surface area contributed by atoms with Crippen molar-refractivity contribution in [2.24, 2.45) is 0 Å². The minimum absolute atomic E-state index is 0. The summed E-state index contributed by atoms with van der Waals surface area (Å²) in [5.74, 6) is 0. The summed E-state index contributed by atoms with van der Waals surface area (Å²) in [6.45, 7) is 1.97. The fraction of sp³-hybridized carbons (Fsp3) is 0.333. The number of halogens is 11. The van der Waals surface area contributed by atoms with Crippen molar-refractivity contribution in [1.82, 2.24) is 0 Å². The van der Waals surface area contributed by atoms with E-state index in [1.807, 2.05) is 19.1 Å². The Balaban J connectivity index is 0.00000272. The van der Waals surface area contributed by atoms with Crippen LogP contribution in [0.15, 0.2) is 48.0 Å². The largest absolute Gasteiger partial charge is 0.147 e. The van der Waals surface area contributed by atoms with E-state index in [-0.39, 0.29) is 46.1 Å². The van der Waals surface area contributed by atoms with Crippen LogP contribution in [-0.2, 0) is 30.1 Å². The van der Waals surface area contributed by atoms with Crippen LogP contribution in [0.1, 0.15) is 33.7 Å². The zero-order valence-electron chi connectivity index (χ0n) is 16.6. The molecule has 1 aliphatic carbocycles. The van der Waals surface area contributed by atoms with Crippen LogP contribution < -0.4 is 0 Å². The third-order valence-corrected chi connectivity index (χ3v) is 7.14.